The van der Waals surface area contributed by atoms with Crippen LogP contribution in [0.3, 0.4) is 0 Å². The second-order valence-corrected chi connectivity index (χ2v) is 7.18. The van der Waals surface area contributed by atoms with Gasteiger partial charge in [-0.25, -0.2) is 14.4 Å². The number of carbonyl (C=O) groups is 1. The number of benzene rings is 1. The van der Waals surface area contributed by atoms with Crippen LogP contribution in [0.1, 0.15) is 29.5 Å². The molecular weight excluding hydrogens is 427 g/mol. The highest BCUT2D eigenvalue weighted by Crippen LogP contribution is 2.34. The summed E-state index contributed by atoms with van der Waals surface area (Å²) in [5, 5.41) is 11.3. The van der Waals surface area contributed by atoms with E-state index < -0.39 is 5.82 Å². The summed E-state index contributed by atoms with van der Waals surface area (Å²) >= 11 is 0. The first-order valence-electron chi connectivity index (χ1n) is 10.5. The lowest BCUT2D eigenvalue weighted by Crippen LogP contribution is -2.24. The van der Waals surface area contributed by atoms with Crippen molar-refractivity contribution < 1.29 is 18.7 Å². The molecule has 4 rings (SSSR count). The zero-order chi connectivity index (χ0) is 23.2. The molecule has 3 heterocycles. The first kappa shape index (κ1) is 22.1. The maximum atomic E-state index is 13.9. The number of methoxy groups -OCH3 is 1. The lowest BCUT2D eigenvalue weighted by atomic mass is 10.1. The van der Waals surface area contributed by atoms with Gasteiger partial charge in [-0.05, 0) is 37.6 Å². The van der Waals surface area contributed by atoms with Gasteiger partial charge in [-0.2, -0.15) is 0 Å². The third-order valence-corrected chi connectivity index (χ3v) is 4.96. The van der Waals surface area contributed by atoms with Crippen molar-refractivity contribution in [3.63, 3.8) is 0 Å². The molecule has 33 heavy (non-hydrogen) atoms. The molecule has 0 aliphatic carbocycles. The quantitative estimate of drug-likeness (QED) is 0.376. The summed E-state index contributed by atoms with van der Waals surface area (Å²) < 4.78 is 25.0. The van der Waals surface area contributed by atoms with Crippen molar-refractivity contribution in [2.45, 2.75) is 19.8 Å². The molecule has 0 saturated heterocycles. The van der Waals surface area contributed by atoms with Crippen LogP contribution in [0.2, 0.25) is 0 Å². The van der Waals surface area contributed by atoms with Gasteiger partial charge in [0.2, 0.25) is 5.88 Å². The van der Waals surface area contributed by atoms with Crippen molar-refractivity contribution in [3.8, 4) is 22.9 Å². The minimum Gasteiger partial charge on any atom is -0.493 e. The third-order valence-electron chi connectivity index (χ3n) is 4.96. The van der Waals surface area contributed by atoms with Gasteiger partial charge in [0.25, 0.3) is 5.91 Å². The van der Waals surface area contributed by atoms with Crippen LogP contribution >= 0.6 is 0 Å². The number of nitrogens with one attached hydrogen (secondary N) is 2. The van der Waals surface area contributed by atoms with E-state index >= 15 is 0 Å². The van der Waals surface area contributed by atoms with Crippen LogP contribution in [0.25, 0.3) is 22.2 Å². The van der Waals surface area contributed by atoms with Crippen LogP contribution in [0.5, 0.6) is 11.6 Å². The maximum Gasteiger partial charge on any atom is 0.251 e. The Morgan fingerprint density at radius 3 is 2.88 bits per heavy atom. The fourth-order valence-corrected chi connectivity index (χ4v) is 3.44. The smallest absolute Gasteiger partial charge is 0.251 e. The fourth-order valence-electron chi connectivity index (χ4n) is 3.44. The summed E-state index contributed by atoms with van der Waals surface area (Å²) in [4.78, 5) is 24.2. The second-order valence-electron chi connectivity index (χ2n) is 7.18. The summed E-state index contributed by atoms with van der Waals surface area (Å²) in [5.41, 5.74) is 1.82. The van der Waals surface area contributed by atoms with Gasteiger partial charge >= 0.3 is 0 Å². The number of nitrogens with zero attached hydrogens (tertiary/aromatic N) is 4. The van der Waals surface area contributed by atoms with Gasteiger partial charge in [0, 0.05) is 30.0 Å². The standard InChI is InChI=1S/C23H23FN6O3/c1-3-33-20-11-19(17-10-15(24)12-26-23(17)32-2)29-18-9-14(6-7-16(18)20)22(31)25-8-4-5-21-27-13-28-30-21/h6-7,9-13H,3-5,8H2,1-2H3,(H,25,31)(H,27,28,30). The number of carbonyl (C=O) groups excluding carboxylic acids is 1. The monoisotopic (exact) mass is 450 g/mol. The molecule has 170 valence electrons. The number of fused-ring (bicyclic) bond motifs is 1. The highest BCUT2D eigenvalue weighted by molar-refractivity contribution is 5.99. The SMILES string of the molecule is CCOc1cc(-c2cc(F)cnc2OC)nc2cc(C(=O)NCCCc3nnc[nH]3)ccc12. The van der Waals surface area contributed by atoms with Crippen molar-refractivity contribution in [3.05, 3.63) is 60.1 Å². The van der Waals surface area contributed by atoms with Gasteiger partial charge in [-0.15, -0.1) is 10.2 Å². The van der Waals surface area contributed by atoms with Crippen LogP contribution in [0.15, 0.2) is 42.9 Å². The molecule has 0 bridgehead atoms. The molecule has 9 nitrogen and oxygen atoms in total. The number of aromatic amines is 1. The van der Waals surface area contributed by atoms with Crippen LogP contribution in [-0.2, 0) is 6.42 Å². The molecule has 1 aromatic carbocycles. The number of amides is 1. The molecule has 0 aliphatic heterocycles. The topological polar surface area (TPSA) is 115 Å². The maximum absolute atomic E-state index is 13.9. The molecule has 1 amide bonds. The molecule has 0 spiro atoms. The molecule has 0 radical (unpaired) electrons. The van der Waals surface area contributed by atoms with Gasteiger partial charge in [0.05, 0.1) is 36.7 Å². The Morgan fingerprint density at radius 1 is 1.24 bits per heavy atom. The average Bonchev–Trinajstić information content (AvgIpc) is 3.35. The van der Waals surface area contributed by atoms with E-state index in [1.54, 1.807) is 24.3 Å². The summed E-state index contributed by atoms with van der Waals surface area (Å²) in [7, 11) is 1.46. The van der Waals surface area contributed by atoms with Gasteiger partial charge < -0.3 is 19.8 Å². The number of aromatic nitrogens is 5. The van der Waals surface area contributed by atoms with Crippen molar-refractivity contribution in [2.75, 3.05) is 20.3 Å². The number of hydrogen-bond donors (Lipinski definition) is 2. The number of H-pyrrole nitrogens is 1. The Labute approximate surface area is 189 Å². The Morgan fingerprint density at radius 2 is 2.12 bits per heavy atom. The van der Waals surface area contributed by atoms with Gasteiger partial charge in [0.1, 0.15) is 23.7 Å². The fraction of sp³-hybridized carbons (Fsp3) is 0.261. The summed E-state index contributed by atoms with van der Waals surface area (Å²) in [6, 6.07) is 8.23. The lowest BCUT2D eigenvalue weighted by Gasteiger charge is -2.13. The molecule has 0 saturated carbocycles. The van der Waals surface area contributed by atoms with E-state index in [0.717, 1.165) is 23.8 Å². The molecule has 3 aromatic heterocycles. The average molecular weight is 450 g/mol. The van der Waals surface area contributed by atoms with Gasteiger partial charge in [-0.1, -0.05) is 0 Å². The Bertz CT molecular complexity index is 1260. The largest absolute Gasteiger partial charge is 0.493 e. The normalized spacial score (nSPS) is 10.9. The number of hydrogen-bond acceptors (Lipinski definition) is 7. The van der Waals surface area contributed by atoms with E-state index in [-0.39, 0.29) is 11.8 Å². The zero-order valence-electron chi connectivity index (χ0n) is 18.3. The summed E-state index contributed by atoms with van der Waals surface area (Å²) in [5.74, 6) is 0.861. The number of rotatable bonds is 9. The molecule has 2 N–H and O–H groups in total. The van der Waals surface area contributed by atoms with E-state index in [2.05, 4.69) is 30.5 Å². The van der Waals surface area contributed by atoms with E-state index in [1.807, 2.05) is 6.92 Å². The van der Waals surface area contributed by atoms with E-state index in [1.165, 1.54) is 19.5 Å². The molecule has 0 atom stereocenters. The van der Waals surface area contributed by atoms with Gasteiger partial charge in [0.15, 0.2) is 0 Å². The lowest BCUT2D eigenvalue weighted by molar-refractivity contribution is 0.0953. The van der Waals surface area contributed by atoms with Gasteiger partial charge in [-0.3, -0.25) is 4.79 Å². The minimum atomic E-state index is -0.510. The molecule has 0 unspecified atom stereocenters. The van der Waals surface area contributed by atoms with Crippen molar-refractivity contribution in [1.29, 1.82) is 0 Å². The molecule has 10 heteroatoms. The Balaban J connectivity index is 1.61. The predicted molar refractivity (Wildman–Crippen MR) is 120 cm³/mol. The molecule has 0 fully saturated rings. The summed E-state index contributed by atoms with van der Waals surface area (Å²) in [6.07, 6.45) is 4.01. The van der Waals surface area contributed by atoms with E-state index in [0.29, 0.717) is 47.7 Å². The highest BCUT2D eigenvalue weighted by atomic mass is 19.1. The number of ether oxygens (including phenoxy) is 2. The van der Waals surface area contributed by atoms with Crippen molar-refractivity contribution in [1.82, 2.24) is 30.5 Å². The highest BCUT2D eigenvalue weighted by Gasteiger charge is 2.16. The second kappa shape index (κ2) is 10.0. The molecule has 4 aromatic rings. The van der Waals surface area contributed by atoms with Crippen LogP contribution in [-0.4, -0.2) is 51.3 Å². The Hall–Kier alpha value is -4.08. The molecule has 0 aliphatic rings. The zero-order valence-corrected chi connectivity index (χ0v) is 18.3. The van der Waals surface area contributed by atoms with Crippen LogP contribution in [0.4, 0.5) is 4.39 Å². The first-order chi connectivity index (χ1) is 16.1. The van der Waals surface area contributed by atoms with E-state index in [4.69, 9.17) is 9.47 Å². The van der Waals surface area contributed by atoms with Crippen LogP contribution in [0, 0.1) is 5.82 Å². The number of halogens is 1. The Kier molecular flexibility index (Phi) is 6.72. The summed E-state index contributed by atoms with van der Waals surface area (Å²) in [6.45, 7) is 2.79. The van der Waals surface area contributed by atoms with Crippen molar-refractivity contribution in [2.24, 2.45) is 0 Å². The third kappa shape index (κ3) is 5.05. The minimum absolute atomic E-state index is 0.218. The molecular formula is C23H23FN6O3. The first-order valence-corrected chi connectivity index (χ1v) is 10.5. The number of pyridine rings is 2. The number of aryl methyl sites for hydroxylation is 1. The van der Waals surface area contributed by atoms with Crippen LogP contribution < -0.4 is 14.8 Å². The van der Waals surface area contributed by atoms with E-state index in [9.17, 15) is 9.18 Å². The van der Waals surface area contributed by atoms with Crippen molar-refractivity contribution >= 4 is 16.8 Å². The predicted octanol–water partition coefficient (Wildman–Crippen LogP) is 3.32.